The smallest absolute Gasteiger partial charge is 0.252 e. The second-order valence-corrected chi connectivity index (χ2v) is 5.32. The van der Waals surface area contributed by atoms with Crippen LogP contribution in [0.25, 0.3) is 0 Å². The number of hydrogen-bond donors (Lipinski definition) is 1. The van der Waals surface area contributed by atoms with Crippen molar-refractivity contribution in [3.8, 4) is 0 Å². The Morgan fingerprint density at radius 3 is 3.00 bits per heavy atom. The molecule has 6 heteroatoms. The third-order valence-electron chi connectivity index (χ3n) is 2.61. The van der Waals surface area contributed by atoms with Crippen molar-refractivity contribution in [2.24, 2.45) is 0 Å². The van der Waals surface area contributed by atoms with E-state index < -0.39 is 0 Å². The number of hydrogen-bond acceptors (Lipinski definition) is 2. The fourth-order valence-corrected chi connectivity index (χ4v) is 2.51. The number of carbonyl (C=O) groups is 1. The summed E-state index contributed by atoms with van der Waals surface area (Å²) in [6.45, 7) is 1.45. The first kappa shape index (κ1) is 14.1. The van der Waals surface area contributed by atoms with Crippen molar-refractivity contribution < 1.29 is 4.79 Å². The van der Waals surface area contributed by atoms with Gasteiger partial charge in [-0.15, -0.1) is 0 Å². The van der Waals surface area contributed by atoms with Crippen LogP contribution in [0.15, 0.2) is 41.4 Å². The van der Waals surface area contributed by atoms with Crippen molar-refractivity contribution in [1.82, 2.24) is 14.9 Å². The van der Waals surface area contributed by atoms with Gasteiger partial charge in [-0.2, -0.15) is 0 Å². The van der Waals surface area contributed by atoms with Gasteiger partial charge in [-0.1, -0.05) is 11.6 Å². The molecule has 4 nitrogen and oxygen atoms in total. The quantitative estimate of drug-likeness (QED) is 0.849. The maximum absolute atomic E-state index is 11.9. The van der Waals surface area contributed by atoms with Crippen LogP contribution >= 0.6 is 27.5 Å². The minimum atomic E-state index is -0.103. The number of aryl methyl sites for hydroxylation is 1. The summed E-state index contributed by atoms with van der Waals surface area (Å²) in [6.07, 6.45) is 6.26. The van der Waals surface area contributed by atoms with E-state index in [9.17, 15) is 4.79 Å². The normalized spacial score (nSPS) is 10.4. The first-order valence-corrected chi connectivity index (χ1v) is 7.03. The third-order valence-corrected chi connectivity index (χ3v) is 3.50. The zero-order chi connectivity index (χ0) is 13.7. The predicted molar refractivity (Wildman–Crippen MR) is 78.3 cm³/mol. The standard InChI is InChI=1S/C13H13BrClN3O/c14-12-8-10(15)2-3-11(12)13(19)17-4-1-6-18-7-5-16-9-18/h2-3,5,7-9H,1,4,6H2,(H,17,19). The molecule has 0 unspecified atom stereocenters. The molecule has 0 atom stereocenters. The maximum Gasteiger partial charge on any atom is 0.252 e. The Bertz CT molecular complexity index is 557. The fourth-order valence-electron chi connectivity index (χ4n) is 1.65. The number of benzene rings is 1. The van der Waals surface area contributed by atoms with E-state index in [-0.39, 0.29) is 5.91 Å². The number of amides is 1. The third kappa shape index (κ3) is 4.08. The molecule has 0 fully saturated rings. The minimum absolute atomic E-state index is 0.103. The van der Waals surface area contributed by atoms with Gasteiger partial charge in [0.1, 0.15) is 0 Å². The summed E-state index contributed by atoms with van der Waals surface area (Å²) in [5.41, 5.74) is 0.590. The van der Waals surface area contributed by atoms with Gasteiger partial charge in [0.05, 0.1) is 11.9 Å². The molecule has 0 radical (unpaired) electrons. The highest BCUT2D eigenvalue weighted by atomic mass is 79.9. The maximum atomic E-state index is 11.9. The summed E-state index contributed by atoms with van der Waals surface area (Å²) in [5, 5.41) is 3.48. The molecule has 0 bridgehead atoms. The summed E-state index contributed by atoms with van der Waals surface area (Å²) >= 11 is 9.17. The highest BCUT2D eigenvalue weighted by Crippen LogP contribution is 2.21. The summed E-state index contributed by atoms with van der Waals surface area (Å²) in [4.78, 5) is 15.9. The second-order valence-electron chi connectivity index (χ2n) is 4.03. The number of halogens is 2. The number of aromatic nitrogens is 2. The molecule has 2 aromatic rings. The molecule has 0 aliphatic carbocycles. The number of imidazole rings is 1. The molecule has 0 aliphatic rings. The molecule has 1 aromatic carbocycles. The molecule has 19 heavy (non-hydrogen) atoms. The van der Waals surface area contributed by atoms with Gasteiger partial charge in [0.2, 0.25) is 0 Å². The van der Waals surface area contributed by atoms with Crippen molar-refractivity contribution in [3.63, 3.8) is 0 Å². The Labute approximate surface area is 124 Å². The lowest BCUT2D eigenvalue weighted by Gasteiger charge is -2.07. The molecule has 0 saturated heterocycles. The van der Waals surface area contributed by atoms with E-state index >= 15 is 0 Å². The van der Waals surface area contributed by atoms with E-state index in [1.54, 1.807) is 30.7 Å². The largest absolute Gasteiger partial charge is 0.352 e. The Balaban J connectivity index is 1.81. The predicted octanol–water partition coefficient (Wildman–Crippen LogP) is 3.12. The number of rotatable bonds is 5. The first-order chi connectivity index (χ1) is 9.16. The molecule has 1 amide bonds. The van der Waals surface area contributed by atoms with Crippen LogP contribution in [0.2, 0.25) is 5.02 Å². The van der Waals surface area contributed by atoms with Crippen molar-refractivity contribution in [1.29, 1.82) is 0 Å². The average Bonchev–Trinajstić information content (AvgIpc) is 2.87. The molecule has 0 aliphatic heterocycles. The van der Waals surface area contributed by atoms with Crippen LogP contribution in [0.3, 0.4) is 0 Å². The SMILES string of the molecule is O=C(NCCCn1ccnc1)c1ccc(Cl)cc1Br. The van der Waals surface area contributed by atoms with Gasteiger partial charge in [-0.3, -0.25) is 4.79 Å². The summed E-state index contributed by atoms with van der Waals surface area (Å²) in [5.74, 6) is -0.103. The Hall–Kier alpha value is -1.33. The van der Waals surface area contributed by atoms with E-state index in [0.717, 1.165) is 13.0 Å². The molecule has 1 aromatic heterocycles. The van der Waals surface area contributed by atoms with Crippen molar-refractivity contribution in [2.75, 3.05) is 6.54 Å². The van der Waals surface area contributed by atoms with Crippen molar-refractivity contribution in [3.05, 3.63) is 52.0 Å². The van der Waals surface area contributed by atoms with E-state index in [0.29, 0.717) is 21.6 Å². The van der Waals surface area contributed by atoms with Crippen LogP contribution < -0.4 is 5.32 Å². The average molecular weight is 343 g/mol. The highest BCUT2D eigenvalue weighted by Gasteiger charge is 2.09. The van der Waals surface area contributed by atoms with E-state index in [1.807, 2.05) is 10.8 Å². The lowest BCUT2D eigenvalue weighted by molar-refractivity contribution is 0.0952. The Morgan fingerprint density at radius 2 is 2.32 bits per heavy atom. The van der Waals surface area contributed by atoms with Crippen molar-refractivity contribution >= 4 is 33.4 Å². The lowest BCUT2D eigenvalue weighted by Crippen LogP contribution is -2.25. The van der Waals surface area contributed by atoms with Gasteiger partial charge >= 0.3 is 0 Å². The summed E-state index contributed by atoms with van der Waals surface area (Å²) in [6, 6.07) is 5.12. The highest BCUT2D eigenvalue weighted by molar-refractivity contribution is 9.10. The van der Waals surface area contributed by atoms with E-state index in [2.05, 4.69) is 26.2 Å². The van der Waals surface area contributed by atoms with Gasteiger partial charge in [0, 0.05) is 35.0 Å². The second kappa shape index (κ2) is 6.73. The van der Waals surface area contributed by atoms with Crippen LogP contribution in [-0.2, 0) is 6.54 Å². The Morgan fingerprint density at radius 1 is 1.47 bits per heavy atom. The molecule has 0 saturated carbocycles. The zero-order valence-corrected chi connectivity index (χ0v) is 12.5. The fraction of sp³-hybridized carbons (Fsp3) is 0.231. The summed E-state index contributed by atoms with van der Waals surface area (Å²) < 4.78 is 2.68. The number of carbonyl (C=O) groups excluding carboxylic acids is 1. The van der Waals surface area contributed by atoms with Gasteiger partial charge < -0.3 is 9.88 Å². The van der Waals surface area contributed by atoms with Crippen LogP contribution in [0.4, 0.5) is 0 Å². The zero-order valence-electron chi connectivity index (χ0n) is 10.1. The van der Waals surface area contributed by atoms with Crippen LogP contribution in [0.5, 0.6) is 0 Å². The number of nitrogens with one attached hydrogen (secondary N) is 1. The molecule has 1 heterocycles. The molecular formula is C13H13BrClN3O. The molecular weight excluding hydrogens is 330 g/mol. The number of nitrogens with zero attached hydrogens (tertiary/aromatic N) is 2. The van der Waals surface area contributed by atoms with E-state index in [1.165, 1.54) is 0 Å². The Kier molecular flexibility index (Phi) is 4.99. The molecule has 0 spiro atoms. The summed E-state index contributed by atoms with van der Waals surface area (Å²) in [7, 11) is 0. The lowest BCUT2D eigenvalue weighted by atomic mass is 10.2. The van der Waals surface area contributed by atoms with Crippen LogP contribution in [-0.4, -0.2) is 22.0 Å². The first-order valence-electron chi connectivity index (χ1n) is 5.86. The molecule has 2 rings (SSSR count). The van der Waals surface area contributed by atoms with Gasteiger partial charge in [0.25, 0.3) is 5.91 Å². The van der Waals surface area contributed by atoms with Crippen LogP contribution in [0.1, 0.15) is 16.8 Å². The van der Waals surface area contributed by atoms with Gasteiger partial charge in [-0.25, -0.2) is 4.98 Å². The minimum Gasteiger partial charge on any atom is -0.352 e. The topological polar surface area (TPSA) is 46.9 Å². The molecule has 1 N–H and O–H groups in total. The van der Waals surface area contributed by atoms with Gasteiger partial charge in [-0.05, 0) is 40.5 Å². The van der Waals surface area contributed by atoms with Crippen molar-refractivity contribution in [2.45, 2.75) is 13.0 Å². The van der Waals surface area contributed by atoms with E-state index in [4.69, 9.17) is 11.6 Å². The monoisotopic (exact) mass is 341 g/mol. The van der Waals surface area contributed by atoms with Gasteiger partial charge in [0.15, 0.2) is 0 Å². The molecule has 100 valence electrons. The van der Waals surface area contributed by atoms with Crippen LogP contribution in [0, 0.1) is 0 Å².